The molecule has 1 amide bonds. The predicted molar refractivity (Wildman–Crippen MR) is 117 cm³/mol. The Morgan fingerprint density at radius 3 is 2.66 bits per heavy atom. The largest absolute Gasteiger partial charge is 0.489 e. The van der Waals surface area contributed by atoms with Gasteiger partial charge < -0.3 is 19.3 Å². The fourth-order valence-corrected chi connectivity index (χ4v) is 3.90. The number of carbonyl (C=O) groups is 2. The zero-order chi connectivity index (χ0) is 22.5. The Morgan fingerprint density at radius 2 is 1.91 bits per heavy atom. The van der Waals surface area contributed by atoms with Gasteiger partial charge in [0.15, 0.2) is 6.61 Å². The van der Waals surface area contributed by atoms with Crippen LogP contribution in [0.25, 0.3) is 0 Å². The SMILES string of the molecule is Cc1noc(C)c1COc1ccc(C(=O)OCC(=O)NC2CCCc3ccccc32)cc1. The van der Waals surface area contributed by atoms with Crippen LogP contribution < -0.4 is 10.1 Å². The summed E-state index contributed by atoms with van der Waals surface area (Å²) in [6.07, 6.45) is 2.92. The van der Waals surface area contributed by atoms with Crippen LogP contribution in [-0.4, -0.2) is 23.6 Å². The summed E-state index contributed by atoms with van der Waals surface area (Å²) in [5, 5.41) is 6.88. The second-order valence-corrected chi connectivity index (χ2v) is 7.90. The maximum absolute atomic E-state index is 12.3. The third-order valence-electron chi connectivity index (χ3n) is 5.69. The molecule has 0 spiro atoms. The second kappa shape index (κ2) is 9.68. The van der Waals surface area contributed by atoms with Gasteiger partial charge in [-0.15, -0.1) is 0 Å². The van der Waals surface area contributed by atoms with E-state index in [4.69, 9.17) is 14.0 Å². The Morgan fingerprint density at radius 1 is 1.12 bits per heavy atom. The highest BCUT2D eigenvalue weighted by atomic mass is 16.5. The van der Waals surface area contributed by atoms with Crippen LogP contribution in [0, 0.1) is 13.8 Å². The van der Waals surface area contributed by atoms with Crippen LogP contribution in [0.3, 0.4) is 0 Å². The Labute approximate surface area is 186 Å². The van der Waals surface area contributed by atoms with Gasteiger partial charge in [0, 0.05) is 0 Å². The van der Waals surface area contributed by atoms with Crippen molar-refractivity contribution in [2.24, 2.45) is 0 Å². The fourth-order valence-electron chi connectivity index (χ4n) is 3.90. The maximum Gasteiger partial charge on any atom is 0.338 e. The summed E-state index contributed by atoms with van der Waals surface area (Å²) in [6.45, 7) is 3.70. The van der Waals surface area contributed by atoms with Gasteiger partial charge in [0.2, 0.25) is 0 Å². The maximum atomic E-state index is 12.3. The lowest BCUT2D eigenvalue weighted by atomic mass is 9.88. The lowest BCUT2D eigenvalue weighted by Crippen LogP contribution is -2.34. The van der Waals surface area contributed by atoms with Crippen LogP contribution in [0.15, 0.2) is 53.1 Å². The van der Waals surface area contributed by atoms with E-state index in [1.165, 1.54) is 5.56 Å². The number of rotatable bonds is 7. The molecule has 1 N–H and O–H groups in total. The van der Waals surface area contributed by atoms with Gasteiger partial charge in [-0.25, -0.2) is 4.79 Å². The molecule has 0 fully saturated rings. The number of amides is 1. The molecule has 1 heterocycles. The van der Waals surface area contributed by atoms with Crippen LogP contribution in [0.5, 0.6) is 5.75 Å². The average Bonchev–Trinajstić information content (AvgIpc) is 3.13. The summed E-state index contributed by atoms with van der Waals surface area (Å²) >= 11 is 0. The second-order valence-electron chi connectivity index (χ2n) is 7.90. The standard InChI is InChI=1S/C25H26N2O5/c1-16-22(17(2)32-27-16)14-30-20-12-10-19(11-13-20)25(29)31-15-24(28)26-23-9-5-7-18-6-3-4-8-21(18)23/h3-4,6,8,10-13,23H,5,7,9,14-15H2,1-2H3,(H,26,28). The van der Waals surface area contributed by atoms with E-state index in [9.17, 15) is 9.59 Å². The number of ether oxygens (including phenoxy) is 2. The molecule has 7 heteroatoms. The van der Waals surface area contributed by atoms with E-state index in [0.29, 0.717) is 17.9 Å². The molecule has 166 valence electrons. The summed E-state index contributed by atoms with van der Waals surface area (Å²) in [5.41, 5.74) is 4.45. The molecule has 1 atom stereocenters. The van der Waals surface area contributed by atoms with Gasteiger partial charge in [-0.3, -0.25) is 4.79 Å². The highest BCUT2D eigenvalue weighted by Crippen LogP contribution is 2.29. The molecule has 0 aliphatic heterocycles. The Balaban J connectivity index is 1.26. The first-order valence-electron chi connectivity index (χ1n) is 10.7. The van der Waals surface area contributed by atoms with Crippen LogP contribution >= 0.6 is 0 Å². The summed E-state index contributed by atoms with van der Waals surface area (Å²) < 4.78 is 16.1. The zero-order valence-corrected chi connectivity index (χ0v) is 18.2. The number of aromatic nitrogens is 1. The van der Waals surface area contributed by atoms with Gasteiger partial charge in [0.1, 0.15) is 18.1 Å². The van der Waals surface area contributed by atoms with Crippen LogP contribution in [0.4, 0.5) is 0 Å². The molecule has 1 aliphatic rings. The van der Waals surface area contributed by atoms with Crippen molar-refractivity contribution in [3.8, 4) is 5.75 Å². The molecule has 1 aliphatic carbocycles. The number of nitrogens with zero attached hydrogens (tertiary/aromatic N) is 1. The molecule has 4 rings (SSSR count). The number of benzene rings is 2. The molecular formula is C25H26N2O5. The first-order chi connectivity index (χ1) is 15.5. The first-order valence-corrected chi connectivity index (χ1v) is 10.7. The minimum absolute atomic E-state index is 0.0414. The molecule has 1 unspecified atom stereocenters. The normalized spacial score (nSPS) is 15.0. The van der Waals surface area contributed by atoms with Crippen LogP contribution in [-0.2, 0) is 22.6 Å². The van der Waals surface area contributed by atoms with E-state index in [1.807, 2.05) is 32.0 Å². The number of hydrogen-bond acceptors (Lipinski definition) is 6. The van der Waals surface area contributed by atoms with Gasteiger partial charge in [-0.2, -0.15) is 0 Å². The van der Waals surface area contributed by atoms with Crippen molar-refractivity contribution in [3.63, 3.8) is 0 Å². The van der Waals surface area contributed by atoms with E-state index in [-0.39, 0.29) is 18.6 Å². The average molecular weight is 434 g/mol. The van der Waals surface area contributed by atoms with E-state index in [2.05, 4.69) is 16.5 Å². The minimum Gasteiger partial charge on any atom is -0.489 e. The number of nitrogens with one attached hydrogen (secondary N) is 1. The molecular weight excluding hydrogens is 408 g/mol. The number of carbonyl (C=O) groups excluding carboxylic acids is 2. The molecule has 0 radical (unpaired) electrons. The van der Waals surface area contributed by atoms with Gasteiger partial charge in [0.25, 0.3) is 5.91 Å². The van der Waals surface area contributed by atoms with Crippen molar-refractivity contribution < 1.29 is 23.6 Å². The molecule has 32 heavy (non-hydrogen) atoms. The van der Waals surface area contributed by atoms with Gasteiger partial charge in [-0.1, -0.05) is 29.4 Å². The lowest BCUT2D eigenvalue weighted by Gasteiger charge is -2.26. The van der Waals surface area contributed by atoms with E-state index >= 15 is 0 Å². The topological polar surface area (TPSA) is 90.7 Å². The smallest absolute Gasteiger partial charge is 0.338 e. The monoisotopic (exact) mass is 434 g/mol. The summed E-state index contributed by atoms with van der Waals surface area (Å²) in [5.74, 6) is 0.467. The van der Waals surface area contributed by atoms with Crippen LogP contribution in [0.2, 0.25) is 0 Å². The zero-order valence-electron chi connectivity index (χ0n) is 18.2. The van der Waals surface area contributed by atoms with Crippen molar-refractivity contribution in [3.05, 3.63) is 82.2 Å². The molecule has 3 aromatic rings. The fraction of sp³-hybridized carbons (Fsp3) is 0.320. The van der Waals surface area contributed by atoms with E-state index in [0.717, 1.165) is 41.8 Å². The Kier molecular flexibility index (Phi) is 6.54. The van der Waals surface area contributed by atoms with E-state index < -0.39 is 5.97 Å². The molecule has 1 aromatic heterocycles. The van der Waals surface area contributed by atoms with Crippen LogP contribution in [0.1, 0.15) is 57.4 Å². The Bertz CT molecular complexity index is 1080. The van der Waals surface area contributed by atoms with Gasteiger partial charge in [0.05, 0.1) is 22.9 Å². The van der Waals surface area contributed by atoms with Crippen molar-refractivity contribution >= 4 is 11.9 Å². The number of fused-ring (bicyclic) bond motifs is 1. The highest BCUT2D eigenvalue weighted by molar-refractivity contribution is 5.91. The number of hydrogen-bond donors (Lipinski definition) is 1. The molecule has 0 saturated heterocycles. The lowest BCUT2D eigenvalue weighted by molar-refractivity contribution is -0.125. The molecule has 2 aromatic carbocycles. The van der Waals surface area contributed by atoms with Crippen molar-refractivity contribution in [1.29, 1.82) is 0 Å². The number of aryl methyl sites for hydroxylation is 3. The quantitative estimate of drug-likeness (QED) is 0.560. The molecule has 0 saturated carbocycles. The summed E-state index contributed by atoms with van der Waals surface area (Å²) in [7, 11) is 0. The number of esters is 1. The molecule has 0 bridgehead atoms. The third kappa shape index (κ3) is 4.99. The Hall–Kier alpha value is -3.61. The van der Waals surface area contributed by atoms with Crippen molar-refractivity contribution in [2.75, 3.05) is 6.61 Å². The third-order valence-corrected chi connectivity index (χ3v) is 5.69. The summed E-state index contributed by atoms with van der Waals surface area (Å²) in [4.78, 5) is 24.7. The van der Waals surface area contributed by atoms with Gasteiger partial charge >= 0.3 is 5.97 Å². The summed E-state index contributed by atoms with van der Waals surface area (Å²) in [6, 6.07) is 14.7. The van der Waals surface area contributed by atoms with Crippen molar-refractivity contribution in [1.82, 2.24) is 10.5 Å². The molecule has 7 nitrogen and oxygen atoms in total. The minimum atomic E-state index is -0.554. The predicted octanol–water partition coefficient (Wildman–Crippen LogP) is 4.22. The van der Waals surface area contributed by atoms with Gasteiger partial charge in [-0.05, 0) is 68.5 Å². The highest BCUT2D eigenvalue weighted by Gasteiger charge is 2.22. The van der Waals surface area contributed by atoms with Crippen molar-refractivity contribution in [2.45, 2.75) is 45.8 Å². The first kappa shape index (κ1) is 21.6. The van der Waals surface area contributed by atoms with E-state index in [1.54, 1.807) is 24.3 Å².